The number of benzene rings is 2. The number of hydrogen-bond donors (Lipinski definition) is 7. The number of aromatic nitrogens is 2. The molecule has 7 N–H and O–H groups in total. The van der Waals surface area contributed by atoms with Crippen molar-refractivity contribution < 1.29 is 61.4 Å². The van der Waals surface area contributed by atoms with E-state index in [0.29, 0.717) is 4.90 Å². The summed E-state index contributed by atoms with van der Waals surface area (Å²) >= 11 is 0.998. The molecule has 0 bridgehead atoms. The highest BCUT2D eigenvalue weighted by Gasteiger charge is 2.47. The first-order valence-electron chi connectivity index (χ1n) is 11.5. The van der Waals surface area contributed by atoms with E-state index in [4.69, 9.17) is 14.5 Å². The normalized spacial score (nSPS) is 23.8. The molecule has 0 spiro atoms. The molecule has 1 fully saturated rings. The minimum absolute atomic E-state index is 0.0156. The van der Waals surface area contributed by atoms with E-state index in [1.54, 1.807) is 12.1 Å². The molecule has 17 nitrogen and oxygen atoms in total. The second-order valence-electron chi connectivity index (χ2n) is 8.59. The lowest BCUT2D eigenvalue weighted by Crippen LogP contribution is -2.38. The third-order valence-corrected chi connectivity index (χ3v) is 10.3. The van der Waals surface area contributed by atoms with Gasteiger partial charge < -0.3 is 34.5 Å². The third-order valence-electron chi connectivity index (χ3n) is 5.53. The van der Waals surface area contributed by atoms with Gasteiger partial charge in [0.2, 0.25) is 0 Å². The number of aromatic amines is 1. The van der Waals surface area contributed by atoms with Crippen molar-refractivity contribution in [1.82, 2.24) is 9.55 Å². The topological polar surface area (TPSA) is 264 Å². The lowest BCUT2D eigenvalue weighted by atomic mass is 10.1. The number of ether oxygens (including phenoxy) is 1. The number of phosphoric ester groups is 1. The van der Waals surface area contributed by atoms with E-state index in [9.17, 15) is 43.3 Å². The maximum Gasteiger partial charge on any atom is 0.490 e. The molecule has 1 aliphatic heterocycles. The van der Waals surface area contributed by atoms with Crippen LogP contribution in [0.4, 0.5) is 0 Å². The van der Waals surface area contributed by atoms with Crippen molar-refractivity contribution in [2.45, 2.75) is 34.3 Å². The van der Waals surface area contributed by atoms with Gasteiger partial charge in [-0.2, -0.15) is 8.62 Å². The van der Waals surface area contributed by atoms with Crippen LogP contribution in [-0.2, 0) is 31.6 Å². The molecule has 0 amide bonds. The fourth-order valence-electron chi connectivity index (χ4n) is 3.79. The van der Waals surface area contributed by atoms with Crippen LogP contribution in [0.1, 0.15) is 6.23 Å². The Labute approximate surface area is 239 Å². The van der Waals surface area contributed by atoms with Crippen LogP contribution >= 0.6 is 35.2 Å². The summed E-state index contributed by atoms with van der Waals surface area (Å²) < 4.78 is 52.0. The molecular weight excluding hydrogens is 645 g/mol. The number of nitrogens with zero attached hydrogens (tertiary/aromatic N) is 1. The van der Waals surface area contributed by atoms with Gasteiger partial charge in [0, 0.05) is 11.1 Å². The lowest BCUT2D eigenvalue weighted by Gasteiger charge is -2.19. The summed E-state index contributed by atoms with van der Waals surface area (Å²) in [5.74, 6) is 0. The minimum Gasteiger partial charge on any atom is -0.387 e. The molecule has 0 radical (unpaired) electrons. The van der Waals surface area contributed by atoms with Crippen LogP contribution < -0.4 is 11.2 Å². The zero-order valence-electron chi connectivity index (χ0n) is 20.8. The van der Waals surface area contributed by atoms with Crippen LogP contribution in [0, 0.1) is 0 Å². The van der Waals surface area contributed by atoms with Gasteiger partial charge in [0.1, 0.15) is 18.3 Å². The average Bonchev–Trinajstić information content (AvgIpc) is 3.16. The Morgan fingerprint density at radius 2 is 1.55 bits per heavy atom. The SMILES string of the molecule is O=c1[nH]c(=O)n([C@@H]2O[C@H](COP(=O)(O)OP(=O)(O)OP(=O)(O)O)[C@@H](O)[C@H]2O)cc1Sc1cccc(-c2ccccc2)c1. The van der Waals surface area contributed by atoms with Gasteiger partial charge in [-0.05, 0) is 23.3 Å². The van der Waals surface area contributed by atoms with E-state index >= 15 is 0 Å². The fourth-order valence-corrected chi connectivity index (χ4v) is 7.72. The summed E-state index contributed by atoms with van der Waals surface area (Å²) in [7, 11) is -16.9. The predicted molar refractivity (Wildman–Crippen MR) is 143 cm³/mol. The zero-order chi connectivity index (χ0) is 30.9. The van der Waals surface area contributed by atoms with Gasteiger partial charge in [-0.1, -0.05) is 54.2 Å². The van der Waals surface area contributed by atoms with Gasteiger partial charge in [0.15, 0.2) is 6.23 Å². The van der Waals surface area contributed by atoms with Crippen molar-refractivity contribution in [3.8, 4) is 11.1 Å². The van der Waals surface area contributed by atoms with Gasteiger partial charge >= 0.3 is 29.2 Å². The van der Waals surface area contributed by atoms with Crippen molar-refractivity contribution in [3.63, 3.8) is 0 Å². The largest absolute Gasteiger partial charge is 0.490 e. The van der Waals surface area contributed by atoms with Gasteiger partial charge in [-0.15, -0.1) is 0 Å². The number of hydrogen-bond acceptors (Lipinski definition) is 12. The van der Waals surface area contributed by atoms with Crippen LogP contribution in [0.25, 0.3) is 11.1 Å². The first-order valence-corrected chi connectivity index (χ1v) is 16.9. The van der Waals surface area contributed by atoms with Gasteiger partial charge in [-0.3, -0.25) is 18.9 Å². The molecule has 4 rings (SSSR count). The Morgan fingerprint density at radius 1 is 0.881 bits per heavy atom. The number of H-pyrrole nitrogens is 1. The maximum atomic E-state index is 12.6. The van der Waals surface area contributed by atoms with Crippen molar-refractivity contribution in [3.05, 3.63) is 81.6 Å². The summed E-state index contributed by atoms with van der Waals surface area (Å²) in [4.78, 5) is 63.9. The highest BCUT2D eigenvalue weighted by molar-refractivity contribution is 7.99. The molecule has 1 saturated heterocycles. The van der Waals surface area contributed by atoms with Gasteiger partial charge in [0.25, 0.3) is 5.56 Å². The summed E-state index contributed by atoms with van der Waals surface area (Å²) in [5, 5.41) is 20.9. The quantitative estimate of drug-likeness (QED) is 0.142. The van der Waals surface area contributed by atoms with Crippen LogP contribution in [0.15, 0.2) is 80.2 Å². The number of aliphatic hydroxyl groups is 2. The van der Waals surface area contributed by atoms with E-state index in [2.05, 4.69) is 18.1 Å². The first-order chi connectivity index (χ1) is 19.5. The molecule has 42 heavy (non-hydrogen) atoms. The van der Waals surface area contributed by atoms with Gasteiger partial charge in [-0.25, -0.2) is 18.5 Å². The first kappa shape index (κ1) is 32.7. The Balaban J connectivity index is 1.49. The van der Waals surface area contributed by atoms with Crippen LogP contribution in [0.2, 0.25) is 0 Å². The Hall–Kier alpha value is -2.24. The third kappa shape index (κ3) is 8.44. The molecule has 3 aromatic rings. The number of aliphatic hydroxyl groups excluding tert-OH is 2. The molecular formula is C21H23N2O15P3S. The molecule has 228 valence electrons. The van der Waals surface area contributed by atoms with E-state index in [-0.39, 0.29) is 4.90 Å². The fraction of sp³-hybridized carbons (Fsp3) is 0.238. The predicted octanol–water partition coefficient (Wildman–Crippen LogP) is 1.32. The molecule has 0 saturated carbocycles. The van der Waals surface area contributed by atoms with Crippen molar-refractivity contribution in [2.24, 2.45) is 0 Å². The number of rotatable bonds is 11. The van der Waals surface area contributed by atoms with Crippen LogP contribution in [0.3, 0.4) is 0 Å². The van der Waals surface area contributed by atoms with Crippen LogP contribution in [-0.4, -0.2) is 64.3 Å². The van der Waals surface area contributed by atoms with E-state index in [0.717, 1.165) is 33.7 Å². The van der Waals surface area contributed by atoms with Crippen LogP contribution in [0.5, 0.6) is 0 Å². The zero-order valence-corrected chi connectivity index (χ0v) is 24.3. The van der Waals surface area contributed by atoms with Crippen molar-refractivity contribution in [2.75, 3.05) is 6.61 Å². The molecule has 21 heteroatoms. The molecule has 1 aromatic heterocycles. The monoisotopic (exact) mass is 668 g/mol. The Morgan fingerprint density at radius 3 is 2.21 bits per heavy atom. The molecule has 0 aliphatic carbocycles. The highest BCUT2D eigenvalue weighted by Crippen LogP contribution is 2.66. The highest BCUT2D eigenvalue weighted by atomic mass is 32.2. The smallest absolute Gasteiger partial charge is 0.387 e. The summed E-state index contributed by atoms with van der Waals surface area (Å²) in [5.41, 5.74) is 0.0233. The molecule has 2 aromatic carbocycles. The maximum absolute atomic E-state index is 12.6. The molecule has 2 unspecified atom stereocenters. The Bertz CT molecular complexity index is 1690. The van der Waals surface area contributed by atoms with E-state index < -0.39 is 65.9 Å². The summed E-state index contributed by atoms with van der Waals surface area (Å²) in [6, 6.07) is 16.6. The summed E-state index contributed by atoms with van der Waals surface area (Å²) in [6.07, 6.45) is -5.85. The van der Waals surface area contributed by atoms with E-state index in [1.807, 2.05) is 42.5 Å². The second kappa shape index (κ2) is 12.8. The number of nitrogens with one attached hydrogen (secondary N) is 1. The molecule has 1 aliphatic rings. The second-order valence-corrected chi connectivity index (χ2v) is 14.1. The minimum atomic E-state index is -5.79. The van der Waals surface area contributed by atoms with Crippen molar-refractivity contribution >= 4 is 35.2 Å². The van der Waals surface area contributed by atoms with E-state index in [1.165, 1.54) is 0 Å². The number of phosphoric acid groups is 3. The molecule has 2 heterocycles. The van der Waals surface area contributed by atoms with Crippen molar-refractivity contribution in [1.29, 1.82) is 0 Å². The summed E-state index contributed by atoms with van der Waals surface area (Å²) in [6.45, 7) is -1.08. The lowest BCUT2D eigenvalue weighted by molar-refractivity contribution is -0.0545. The Kier molecular flexibility index (Phi) is 9.94. The molecule has 6 atom stereocenters. The van der Waals surface area contributed by atoms with Gasteiger partial charge in [0.05, 0.1) is 11.5 Å². The standard InChI is InChI=1S/C21H23N2O15P3S/c24-17-15(11-35-40(31,32)38-41(33,34)37-39(28,29)30)36-20(18(17)25)23-10-16(19(26)22-21(23)27)42-14-8-4-7-13(9-14)12-5-2-1-3-6-12/h1-10,15,17-18,20,24-25H,11H2,(H,31,32)(H,33,34)(H,22,26,27)(H2,28,29,30)/t15-,17-,18-,20-/m1/s1. The average molecular weight is 668 g/mol.